The number of hydrogen-bond donors (Lipinski definition) is 1. The van der Waals surface area contributed by atoms with Crippen molar-refractivity contribution in [1.82, 2.24) is 9.62 Å². The standard InChI is InChI=1S/C18H28N2O4S/c1-15(2)17-5-3-16(4-6-17)7-9-19-18(21)8-14-25(22,23)20-10-12-24-13-11-20/h3-6,15H,7-14H2,1-2H3,(H,19,21). The fourth-order valence-electron chi connectivity index (χ4n) is 2.68. The highest BCUT2D eigenvalue weighted by Gasteiger charge is 2.24. The van der Waals surface area contributed by atoms with E-state index in [0.717, 1.165) is 12.0 Å². The SMILES string of the molecule is CC(C)c1ccc(CCNC(=O)CCS(=O)(=O)N2CCOCC2)cc1. The van der Waals surface area contributed by atoms with E-state index in [-0.39, 0.29) is 18.1 Å². The third-order valence-electron chi connectivity index (χ3n) is 4.33. The van der Waals surface area contributed by atoms with Gasteiger partial charge in [0.05, 0.1) is 19.0 Å². The Bertz CT molecular complexity index is 650. The van der Waals surface area contributed by atoms with E-state index in [1.807, 2.05) is 0 Å². The van der Waals surface area contributed by atoms with Gasteiger partial charge in [-0.3, -0.25) is 4.79 Å². The molecular formula is C18H28N2O4S. The van der Waals surface area contributed by atoms with Gasteiger partial charge < -0.3 is 10.1 Å². The molecule has 0 aromatic heterocycles. The summed E-state index contributed by atoms with van der Waals surface area (Å²) >= 11 is 0. The van der Waals surface area contributed by atoms with Crippen LogP contribution in [-0.4, -0.2) is 57.2 Å². The first-order valence-corrected chi connectivity index (χ1v) is 10.4. The van der Waals surface area contributed by atoms with Crippen molar-refractivity contribution in [2.24, 2.45) is 0 Å². The second kappa shape index (κ2) is 9.31. The second-order valence-electron chi connectivity index (χ2n) is 6.57. The van der Waals surface area contributed by atoms with Gasteiger partial charge in [0.15, 0.2) is 0 Å². The molecule has 7 heteroatoms. The van der Waals surface area contributed by atoms with E-state index >= 15 is 0 Å². The molecule has 0 radical (unpaired) electrons. The lowest BCUT2D eigenvalue weighted by atomic mass is 10.0. The number of hydrogen-bond acceptors (Lipinski definition) is 4. The third-order valence-corrected chi connectivity index (χ3v) is 6.20. The van der Waals surface area contributed by atoms with Crippen LogP contribution in [0.3, 0.4) is 0 Å². The number of sulfonamides is 1. The monoisotopic (exact) mass is 368 g/mol. The Hall–Kier alpha value is -1.44. The van der Waals surface area contributed by atoms with Crippen LogP contribution in [0.1, 0.15) is 37.3 Å². The summed E-state index contributed by atoms with van der Waals surface area (Å²) in [4.78, 5) is 11.9. The van der Waals surface area contributed by atoms with Gasteiger partial charge >= 0.3 is 0 Å². The highest BCUT2D eigenvalue weighted by Crippen LogP contribution is 2.14. The molecule has 1 fully saturated rings. The average Bonchev–Trinajstić information content (AvgIpc) is 2.61. The first-order chi connectivity index (χ1) is 11.9. The van der Waals surface area contributed by atoms with E-state index in [1.165, 1.54) is 9.87 Å². The smallest absolute Gasteiger partial charge is 0.221 e. The first kappa shape index (κ1) is 19.9. The first-order valence-electron chi connectivity index (χ1n) is 8.79. The predicted octanol–water partition coefficient (Wildman–Crippen LogP) is 1.52. The van der Waals surface area contributed by atoms with E-state index in [4.69, 9.17) is 4.74 Å². The summed E-state index contributed by atoms with van der Waals surface area (Å²) in [6, 6.07) is 8.36. The van der Waals surface area contributed by atoms with Crippen molar-refractivity contribution in [3.8, 4) is 0 Å². The minimum Gasteiger partial charge on any atom is -0.379 e. The largest absolute Gasteiger partial charge is 0.379 e. The summed E-state index contributed by atoms with van der Waals surface area (Å²) in [5.74, 6) is 0.125. The Morgan fingerprint density at radius 1 is 1.20 bits per heavy atom. The van der Waals surface area contributed by atoms with Crippen LogP contribution in [0.15, 0.2) is 24.3 Å². The number of carbonyl (C=O) groups is 1. The van der Waals surface area contributed by atoms with E-state index in [2.05, 4.69) is 43.4 Å². The zero-order chi connectivity index (χ0) is 18.3. The molecule has 0 aliphatic carbocycles. The number of rotatable bonds is 8. The quantitative estimate of drug-likeness (QED) is 0.755. The van der Waals surface area contributed by atoms with Crippen LogP contribution in [0.2, 0.25) is 0 Å². The van der Waals surface area contributed by atoms with Gasteiger partial charge in [0.25, 0.3) is 0 Å². The maximum Gasteiger partial charge on any atom is 0.221 e. The van der Waals surface area contributed by atoms with Crippen molar-refractivity contribution in [3.63, 3.8) is 0 Å². The Balaban J connectivity index is 1.70. The number of morpholine rings is 1. The van der Waals surface area contributed by atoms with Gasteiger partial charge in [-0.1, -0.05) is 38.1 Å². The molecule has 6 nitrogen and oxygen atoms in total. The van der Waals surface area contributed by atoms with Crippen molar-refractivity contribution < 1.29 is 17.9 Å². The molecule has 2 rings (SSSR count). The molecule has 0 saturated carbocycles. The highest BCUT2D eigenvalue weighted by atomic mass is 32.2. The second-order valence-corrected chi connectivity index (χ2v) is 8.66. The van der Waals surface area contributed by atoms with E-state index in [0.29, 0.717) is 38.8 Å². The van der Waals surface area contributed by atoms with Crippen LogP contribution >= 0.6 is 0 Å². The molecule has 0 unspecified atom stereocenters. The lowest BCUT2D eigenvalue weighted by Crippen LogP contribution is -2.42. The molecule has 1 aromatic rings. The summed E-state index contributed by atoms with van der Waals surface area (Å²) in [6.07, 6.45) is 0.728. The molecule has 1 aliphatic rings. The lowest BCUT2D eigenvalue weighted by molar-refractivity contribution is -0.120. The summed E-state index contributed by atoms with van der Waals surface area (Å²) in [6.45, 7) is 6.40. The van der Waals surface area contributed by atoms with Crippen LogP contribution in [-0.2, 0) is 26.0 Å². The molecule has 140 valence electrons. The summed E-state index contributed by atoms with van der Waals surface area (Å²) in [5, 5.41) is 2.80. The molecule has 25 heavy (non-hydrogen) atoms. The number of carbonyl (C=O) groups excluding carboxylic acids is 1. The van der Waals surface area contributed by atoms with Gasteiger partial charge in [-0.15, -0.1) is 0 Å². The van der Waals surface area contributed by atoms with Crippen molar-refractivity contribution in [2.75, 3.05) is 38.6 Å². The van der Waals surface area contributed by atoms with Gasteiger partial charge in [-0.05, 0) is 23.5 Å². The van der Waals surface area contributed by atoms with Crippen LogP contribution in [0, 0.1) is 0 Å². The van der Waals surface area contributed by atoms with Crippen molar-refractivity contribution in [3.05, 3.63) is 35.4 Å². The van der Waals surface area contributed by atoms with Gasteiger partial charge in [-0.25, -0.2) is 8.42 Å². The molecule has 1 aromatic carbocycles. The van der Waals surface area contributed by atoms with Crippen LogP contribution in [0.5, 0.6) is 0 Å². The molecule has 1 heterocycles. The molecule has 0 bridgehead atoms. The van der Waals surface area contributed by atoms with Crippen LogP contribution in [0.4, 0.5) is 0 Å². The van der Waals surface area contributed by atoms with E-state index < -0.39 is 10.0 Å². The molecular weight excluding hydrogens is 340 g/mol. The van der Waals surface area contributed by atoms with Gasteiger partial charge in [0.1, 0.15) is 0 Å². The molecule has 1 aliphatic heterocycles. The Labute approximate surface area is 150 Å². The summed E-state index contributed by atoms with van der Waals surface area (Å²) < 4.78 is 30.9. The summed E-state index contributed by atoms with van der Waals surface area (Å²) in [5.41, 5.74) is 2.45. The topological polar surface area (TPSA) is 75.7 Å². The van der Waals surface area contributed by atoms with Crippen LogP contribution < -0.4 is 5.32 Å². The third kappa shape index (κ3) is 6.41. The zero-order valence-corrected chi connectivity index (χ0v) is 15.8. The van der Waals surface area contributed by atoms with Crippen LogP contribution in [0.25, 0.3) is 0 Å². The van der Waals surface area contributed by atoms with Gasteiger partial charge in [0, 0.05) is 26.1 Å². The Morgan fingerprint density at radius 2 is 1.84 bits per heavy atom. The van der Waals surface area contributed by atoms with Crippen molar-refractivity contribution in [1.29, 1.82) is 0 Å². The zero-order valence-electron chi connectivity index (χ0n) is 15.0. The van der Waals surface area contributed by atoms with E-state index in [1.54, 1.807) is 0 Å². The van der Waals surface area contributed by atoms with Crippen molar-refractivity contribution in [2.45, 2.75) is 32.6 Å². The average molecular weight is 368 g/mol. The van der Waals surface area contributed by atoms with Gasteiger partial charge in [-0.2, -0.15) is 4.31 Å². The summed E-state index contributed by atoms with van der Waals surface area (Å²) in [7, 11) is -3.38. The molecule has 1 N–H and O–H groups in total. The Kier molecular flexibility index (Phi) is 7.40. The maximum absolute atomic E-state index is 12.2. The highest BCUT2D eigenvalue weighted by molar-refractivity contribution is 7.89. The molecule has 0 spiro atoms. The van der Waals surface area contributed by atoms with E-state index in [9.17, 15) is 13.2 Å². The molecule has 1 amide bonds. The Morgan fingerprint density at radius 3 is 2.44 bits per heavy atom. The normalized spacial score (nSPS) is 16.1. The number of nitrogens with zero attached hydrogens (tertiary/aromatic N) is 1. The fraction of sp³-hybridized carbons (Fsp3) is 0.611. The minimum absolute atomic E-state index is 0.00796. The number of amides is 1. The van der Waals surface area contributed by atoms with Crippen molar-refractivity contribution >= 4 is 15.9 Å². The maximum atomic E-state index is 12.2. The minimum atomic E-state index is -3.38. The predicted molar refractivity (Wildman–Crippen MR) is 98.0 cm³/mol. The molecule has 1 saturated heterocycles. The molecule has 0 atom stereocenters. The number of benzene rings is 1. The number of ether oxygens (including phenoxy) is 1. The number of nitrogens with one attached hydrogen (secondary N) is 1. The lowest BCUT2D eigenvalue weighted by Gasteiger charge is -2.25. The fourth-order valence-corrected chi connectivity index (χ4v) is 4.09. The van der Waals surface area contributed by atoms with Gasteiger partial charge in [0.2, 0.25) is 15.9 Å².